The smallest absolute Gasteiger partial charge is 0.264 e. The number of carbonyl (C=O) groups excluding carboxylic acids is 2. The number of para-hydroxylation sites is 1. The molecule has 11 heteroatoms. The van der Waals surface area contributed by atoms with Crippen LogP contribution in [0.15, 0.2) is 108 Å². The molecule has 0 saturated carbocycles. The number of benzene rings is 4. The molecule has 0 radical (unpaired) electrons. The van der Waals surface area contributed by atoms with E-state index in [1.165, 1.54) is 17.0 Å². The Kier molecular flexibility index (Phi) is 11.3. The number of anilines is 1. The number of hydrogen-bond donors (Lipinski definition) is 1. The van der Waals surface area contributed by atoms with Crippen molar-refractivity contribution in [1.29, 1.82) is 0 Å². The third-order valence-corrected chi connectivity index (χ3v) is 9.16. The number of hydrogen-bond acceptors (Lipinski definition) is 5. The number of rotatable bonds is 13. The Morgan fingerprint density at radius 2 is 1.48 bits per heavy atom. The Labute approximate surface area is 268 Å². The van der Waals surface area contributed by atoms with Gasteiger partial charge < -0.3 is 15.0 Å². The molecular weight excluding hydrogens is 621 g/mol. The Morgan fingerprint density at radius 3 is 2.09 bits per heavy atom. The Balaban J connectivity index is 1.70. The average Bonchev–Trinajstić information content (AvgIpc) is 3.03. The summed E-state index contributed by atoms with van der Waals surface area (Å²) < 4.78 is 34.8. The molecule has 0 bridgehead atoms. The molecule has 0 heterocycles. The summed E-state index contributed by atoms with van der Waals surface area (Å²) in [5, 5.41) is 3.55. The molecule has 0 aliphatic heterocycles. The van der Waals surface area contributed by atoms with Gasteiger partial charge in [0, 0.05) is 23.1 Å². The summed E-state index contributed by atoms with van der Waals surface area (Å²) in [7, 11) is -4.20. The molecule has 0 spiro atoms. The van der Waals surface area contributed by atoms with E-state index in [4.69, 9.17) is 27.9 Å². The standard InChI is InChI=1S/C33H33Cl2N3O5S/c1-3-20-36-33(40)24(2)37(22-25-14-15-26(34)21-31(25)35)32(39)23-38(44(41,42)30-12-8-5-9-13-30)27-16-18-29(19-17-27)43-28-10-6-4-7-11-28/h4-19,21,24H,3,20,22-23H2,1-2H3,(H,36,40). The minimum absolute atomic E-state index is 0.0124. The summed E-state index contributed by atoms with van der Waals surface area (Å²) in [5.41, 5.74) is 0.801. The topological polar surface area (TPSA) is 96.0 Å². The predicted octanol–water partition coefficient (Wildman–Crippen LogP) is 6.92. The number of amides is 2. The highest BCUT2D eigenvalue weighted by Crippen LogP contribution is 2.29. The van der Waals surface area contributed by atoms with Crippen molar-refractivity contribution in [3.05, 3.63) is 119 Å². The molecule has 44 heavy (non-hydrogen) atoms. The number of halogens is 2. The van der Waals surface area contributed by atoms with Gasteiger partial charge in [-0.25, -0.2) is 8.42 Å². The van der Waals surface area contributed by atoms with Gasteiger partial charge in [-0.15, -0.1) is 0 Å². The van der Waals surface area contributed by atoms with Crippen LogP contribution < -0.4 is 14.4 Å². The van der Waals surface area contributed by atoms with Crippen LogP contribution in [0, 0.1) is 0 Å². The van der Waals surface area contributed by atoms with E-state index in [1.54, 1.807) is 79.7 Å². The molecule has 1 unspecified atom stereocenters. The monoisotopic (exact) mass is 653 g/mol. The zero-order chi connectivity index (χ0) is 31.7. The van der Waals surface area contributed by atoms with E-state index in [0.717, 1.165) is 4.31 Å². The fourth-order valence-corrected chi connectivity index (χ4v) is 6.27. The second-order valence-electron chi connectivity index (χ2n) is 9.96. The van der Waals surface area contributed by atoms with Gasteiger partial charge in [-0.2, -0.15) is 0 Å². The van der Waals surface area contributed by atoms with Crippen LogP contribution >= 0.6 is 23.2 Å². The normalized spacial score (nSPS) is 11.8. The van der Waals surface area contributed by atoms with Gasteiger partial charge in [-0.1, -0.05) is 72.6 Å². The first kappa shape index (κ1) is 32.9. The zero-order valence-electron chi connectivity index (χ0n) is 24.3. The van der Waals surface area contributed by atoms with E-state index in [2.05, 4.69) is 5.32 Å². The molecule has 0 aliphatic rings. The quantitative estimate of drug-likeness (QED) is 0.169. The van der Waals surface area contributed by atoms with Crippen LogP contribution in [0.1, 0.15) is 25.8 Å². The number of ether oxygens (including phenoxy) is 1. The summed E-state index contributed by atoms with van der Waals surface area (Å²) in [6, 6.07) is 27.4. The zero-order valence-corrected chi connectivity index (χ0v) is 26.6. The second kappa shape index (κ2) is 15.1. The molecule has 0 fully saturated rings. The highest BCUT2D eigenvalue weighted by molar-refractivity contribution is 7.92. The van der Waals surface area contributed by atoms with Gasteiger partial charge in [0.1, 0.15) is 24.1 Å². The number of nitrogens with zero attached hydrogens (tertiary/aromatic N) is 2. The molecule has 1 atom stereocenters. The van der Waals surface area contributed by atoms with E-state index < -0.39 is 28.5 Å². The van der Waals surface area contributed by atoms with Gasteiger partial charge in [0.2, 0.25) is 11.8 Å². The third kappa shape index (κ3) is 8.31. The Bertz CT molecular complexity index is 1670. The molecule has 2 amide bonds. The van der Waals surface area contributed by atoms with E-state index in [0.29, 0.717) is 40.1 Å². The van der Waals surface area contributed by atoms with Crippen molar-refractivity contribution in [2.75, 3.05) is 17.4 Å². The number of sulfonamides is 1. The van der Waals surface area contributed by atoms with Crippen molar-refractivity contribution in [3.8, 4) is 11.5 Å². The molecule has 0 aromatic heterocycles. The molecule has 1 N–H and O–H groups in total. The largest absolute Gasteiger partial charge is 0.457 e. The van der Waals surface area contributed by atoms with Gasteiger partial charge >= 0.3 is 0 Å². The summed E-state index contributed by atoms with van der Waals surface area (Å²) in [5.74, 6) is 0.143. The highest BCUT2D eigenvalue weighted by Gasteiger charge is 2.32. The molecule has 4 aromatic rings. The number of nitrogens with one attached hydrogen (secondary N) is 1. The van der Waals surface area contributed by atoms with Gasteiger partial charge in [-0.05, 0) is 79.6 Å². The molecule has 0 aliphatic carbocycles. The van der Waals surface area contributed by atoms with Crippen LogP contribution in [-0.2, 0) is 26.2 Å². The Hall–Kier alpha value is -4.05. The van der Waals surface area contributed by atoms with Gasteiger partial charge in [0.05, 0.1) is 10.6 Å². The lowest BCUT2D eigenvalue weighted by atomic mass is 10.1. The van der Waals surface area contributed by atoms with Crippen LogP contribution in [0.4, 0.5) is 5.69 Å². The van der Waals surface area contributed by atoms with Gasteiger partial charge in [0.25, 0.3) is 10.0 Å². The van der Waals surface area contributed by atoms with E-state index >= 15 is 0 Å². The fourth-order valence-electron chi connectivity index (χ4n) is 4.37. The predicted molar refractivity (Wildman–Crippen MR) is 174 cm³/mol. The van der Waals surface area contributed by atoms with Crippen LogP contribution in [-0.4, -0.2) is 44.3 Å². The first-order chi connectivity index (χ1) is 21.1. The van der Waals surface area contributed by atoms with Crippen molar-refractivity contribution >= 4 is 50.7 Å². The molecule has 0 saturated heterocycles. The maximum absolute atomic E-state index is 14.1. The highest BCUT2D eigenvalue weighted by atomic mass is 35.5. The SMILES string of the molecule is CCCNC(=O)C(C)N(Cc1ccc(Cl)cc1Cl)C(=O)CN(c1ccc(Oc2ccccc2)cc1)S(=O)(=O)c1ccccc1. The number of carbonyl (C=O) groups is 2. The van der Waals surface area contributed by atoms with E-state index in [9.17, 15) is 18.0 Å². The maximum atomic E-state index is 14.1. The summed E-state index contributed by atoms with van der Waals surface area (Å²) >= 11 is 12.5. The average molecular weight is 655 g/mol. The van der Waals surface area contributed by atoms with Gasteiger partial charge in [0.15, 0.2) is 0 Å². The summed E-state index contributed by atoms with van der Waals surface area (Å²) in [4.78, 5) is 28.4. The van der Waals surface area contributed by atoms with E-state index in [1.807, 2.05) is 25.1 Å². The van der Waals surface area contributed by atoms with Crippen molar-refractivity contribution in [1.82, 2.24) is 10.2 Å². The lowest BCUT2D eigenvalue weighted by Crippen LogP contribution is -2.51. The molecule has 4 rings (SSSR count). The van der Waals surface area contributed by atoms with Gasteiger partial charge in [-0.3, -0.25) is 13.9 Å². The molecule has 8 nitrogen and oxygen atoms in total. The van der Waals surface area contributed by atoms with Crippen LogP contribution in [0.25, 0.3) is 0 Å². The van der Waals surface area contributed by atoms with Crippen molar-refractivity contribution in [2.45, 2.75) is 37.8 Å². The van der Waals surface area contributed by atoms with Crippen LogP contribution in [0.5, 0.6) is 11.5 Å². The third-order valence-electron chi connectivity index (χ3n) is 6.79. The first-order valence-corrected chi connectivity index (χ1v) is 16.2. The molecule has 4 aromatic carbocycles. The summed E-state index contributed by atoms with van der Waals surface area (Å²) in [6.45, 7) is 3.33. The van der Waals surface area contributed by atoms with Crippen molar-refractivity contribution < 1.29 is 22.7 Å². The lowest BCUT2D eigenvalue weighted by Gasteiger charge is -2.32. The Morgan fingerprint density at radius 1 is 0.864 bits per heavy atom. The first-order valence-electron chi connectivity index (χ1n) is 14.0. The minimum atomic E-state index is -4.20. The second-order valence-corrected chi connectivity index (χ2v) is 12.7. The maximum Gasteiger partial charge on any atom is 0.264 e. The molecular formula is C33H33Cl2N3O5S. The van der Waals surface area contributed by atoms with E-state index in [-0.39, 0.29) is 23.0 Å². The molecule has 230 valence electrons. The lowest BCUT2D eigenvalue weighted by molar-refractivity contribution is -0.139. The van der Waals surface area contributed by atoms with Crippen LogP contribution in [0.2, 0.25) is 10.0 Å². The minimum Gasteiger partial charge on any atom is -0.457 e. The van der Waals surface area contributed by atoms with Crippen LogP contribution in [0.3, 0.4) is 0 Å². The fraction of sp³-hybridized carbons (Fsp3) is 0.212. The van der Waals surface area contributed by atoms with Crippen molar-refractivity contribution in [3.63, 3.8) is 0 Å². The van der Waals surface area contributed by atoms with Crippen molar-refractivity contribution in [2.24, 2.45) is 0 Å². The summed E-state index contributed by atoms with van der Waals surface area (Å²) in [6.07, 6.45) is 0.711.